The first-order chi connectivity index (χ1) is 23.6. The molecule has 4 aliphatic rings. The van der Waals surface area contributed by atoms with Crippen molar-refractivity contribution in [3.05, 3.63) is 139 Å². The van der Waals surface area contributed by atoms with Crippen LogP contribution < -0.4 is 0 Å². The van der Waals surface area contributed by atoms with E-state index in [1.807, 2.05) is 30.3 Å². The van der Waals surface area contributed by atoms with Crippen molar-refractivity contribution in [2.75, 3.05) is 0 Å². The van der Waals surface area contributed by atoms with Gasteiger partial charge in [-0.15, -0.1) is 0 Å². The van der Waals surface area contributed by atoms with E-state index in [1.54, 1.807) is 0 Å². The van der Waals surface area contributed by atoms with E-state index in [1.165, 1.54) is 44.1 Å². The van der Waals surface area contributed by atoms with E-state index < -0.39 is 0 Å². The van der Waals surface area contributed by atoms with Gasteiger partial charge in [0.2, 0.25) is 0 Å². The molecule has 0 spiro atoms. The first-order valence-corrected chi connectivity index (χ1v) is 17.3. The molecule has 4 nitrogen and oxygen atoms in total. The van der Waals surface area contributed by atoms with Crippen LogP contribution in [0.1, 0.15) is 49.7 Å². The first-order valence-electron chi connectivity index (χ1n) is 17.3. The van der Waals surface area contributed by atoms with Crippen LogP contribution in [0.25, 0.3) is 56.4 Å². The van der Waals surface area contributed by atoms with Crippen molar-refractivity contribution in [1.82, 2.24) is 15.0 Å². The highest BCUT2D eigenvalue weighted by atomic mass is 15.0. The fraction of sp³-hybridized carbons (Fsp3) is 0.227. The Morgan fingerprint density at radius 1 is 0.458 bits per heavy atom. The maximum absolute atomic E-state index is 9.20. The van der Waals surface area contributed by atoms with E-state index in [2.05, 4.69) is 103 Å². The van der Waals surface area contributed by atoms with E-state index in [4.69, 9.17) is 15.0 Å². The van der Waals surface area contributed by atoms with Gasteiger partial charge in [-0.2, -0.15) is 5.26 Å². The van der Waals surface area contributed by atoms with Gasteiger partial charge in [-0.05, 0) is 102 Å². The van der Waals surface area contributed by atoms with Crippen LogP contribution in [-0.4, -0.2) is 15.0 Å². The highest BCUT2D eigenvalue weighted by Gasteiger charge is 2.51. The van der Waals surface area contributed by atoms with E-state index in [9.17, 15) is 5.26 Å². The molecule has 48 heavy (non-hydrogen) atoms. The molecule has 0 aliphatic heterocycles. The van der Waals surface area contributed by atoms with Crippen molar-refractivity contribution in [3.63, 3.8) is 0 Å². The Hall–Kier alpha value is -5.40. The van der Waals surface area contributed by atoms with Gasteiger partial charge in [-0.3, -0.25) is 0 Å². The molecule has 0 radical (unpaired) electrons. The molecule has 4 bridgehead atoms. The van der Waals surface area contributed by atoms with Crippen molar-refractivity contribution in [3.8, 4) is 62.5 Å². The summed E-state index contributed by atoms with van der Waals surface area (Å²) in [7, 11) is 0. The van der Waals surface area contributed by atoms with E-state index in [0.29, 0.717) is 28.5 Å². The molecule has 0 unspecified atom stereocenters. The topological polar surface area (TPSA) is 62.5 Å². The molecule has 0 N–H and O–H groups in total. The molecule has 6 aromatic rings. The van der Waals surface area contributed by atoms with Gasteiger partial charge < -0.3 is 0 Å². The quantitative estimate of drug-likeness (QED) is 0.186. The number of benzene rings is 5. The highest BCUT2D eigenvalue weighted by Crippen LogP contribution is 2.60. The molecule has 5 aromatic carbocycles. The zero-order chi connectivity index (χ0) is 32.1. The minimum Gasteiger partial charge on any atom is -0.208 e. The van der Waals surface area contributed by atoms with Gasteiger partial charge in [-0.25, -0.2) is 15.0 Å². The maximum Gasteiger partial charge on any atom is 0.164 e. The second kappa shape index (κ2) is 11.7. The number of nitrogens with zero attached hydrogens (tertiary/aromatic N) is 4. The third-order valence-corrected chi connectivity index (χ3v) is 11.2. The van der Waals surface area contributed by atoms with Gasteiger partial charge in [0.05, 0.1) is 11.6 Å². The van der Waals surface area contributed by atoms with Crippen molar-refractivity contribution in [2.45, 2.75) is 43.9 Å². The lowest BCUT2D eigenvalue weighted by Gasteiger charge is -2.57. The summed E-state index contributed by atoms with van der Waals surface area (Å²) in [6.07, 6.45) is 8.42. The Balaban J connectivity index is 1.12. The molecular formula is C44H36N4. The third kappa shape index (κ3) is 5.20. The summed E-state index contributed by atoms with van der Waals surface area (Å²) < 4.78 is 0. The number of aromatic nitrogens is 3. The summed E-state index contributed by atoms with van der Waals surface area (Å²) in [4.78, 5) is 15.3. The van der Waals surface area contributed by atoms with Crippen molar-refractivity contribution in [2.24, 2.45) is 17.8 Å². The second-order valence-corrected chi connectivity index (χ2v) is 14.3. The van der Waals surface area contributed by atoms with Crippen LogP contribution in [0.3, 0.4) is 0 Å². The average molecular weight is 621 g/mol. The zero-order valence-electron chi connectivity index (χ0n) is 26.9. The van der Waals surface area contributed by atoms with Crippen LogP contribution in [0.15, 0.2) is 127 Å². The van der Waals surface area contributed by atoms with Gasteiger partial charge >= 0.3 is 0 Å². The van der Waals surface area contributed by atoms with Gasteiger partial charge in [0.25, 0.3) is 0 Å². The molecule has 4 aliphatic carbocycles. The van der Waals surface area contributed by atoms with E-state index >= 15 is 0 Å². The lowest BCUT2D eigenvalue weighted by atomic mass is 9.48. The van der Waals surface area contributed by atoms with Gasteiger partial charge in [0.1, 0.15) is 0 Å². The summed E-state index contributed by atoms with van der Waals surface area (Å²) in [6.45, 7) is 0. The largest absolute Gasteiger partial charge is 0.208 e. The number of hydrogen-bond acceptors (Lipinski definition) is 4. The zero-order valence-corrected chi connectivity index (χ0v) is 26.9. The monoisotopic (exact) mass is 620 g/mol. The van der Waals surface area contributed by atoms with Crippen LogP contribution in [0, 0.1) is 29.1 Å². The van der Waals surface area contributed by atoms with Crippen molar-refractivity contribution >= 4 is 0 Å². The Morgan fingerprint density at radius 2 is 0.917 bits per heavy atom. The fourth-order valence-electron chi connectivity index (χ4n) is 9.29. The Bertz CT molecular complexity index is 2110. The van der Waals surface area contributed by atoms with E-state index in [-0.39, 0.29) is 0 Å². The average Bonchev–Trinajstić information content (AvgIpc) is 3.15. The molecule has 1 aromatic heterocycles. The lowest BCUT2D eigenvalue weighted by Crippen LogP contribution is -2.48. The van der Waals surface area contributed by atoms with Crippen LogP contribution in [-0.2, 0) is 5.41 Å². The molecule has 1 heterocycles. The molecule has 0 amide bonds. The second-order valence-electron chi connectivity index (χ2n) is 14.3. The molecule has 0 saturated heterocycles. The number of hydrogen-bond donors (Lipinski definition) is 0. The van der Waals surface area contributed by atoms with Gasteiger partial charge in [0, 0.05) is 16.7 Å². The maximum atomic E-state index is 9.20. The first kappa shape index (κ1) is 28.8. The summed E-state index contributed by atoms with van der Waals surface area (Å²) in [5.41, 5.74) is 9.80. The molecule has 0 atom stereocenters. The molecule has 4 fully saturated rings. The highest BCUT2D eigenvalue weighted by molar-refractivity contribution is 5.82. The predicted octanol–water partition coefficient (Wildman–Crippen LogP) is 10.5. The van der Waals surface area contributed by atoms with Crippen LogP contribution in [0.4, 0.5) is 0 Å². The fourth-order valence-corrected chi connectivity index (χ4v) is 9.29. The summed E-state index contributed by atoms with van der Waals surface area (Å²) in [5.74, 6) is 4.74. The molecule has 232 valence electrons. The van der Waals surface area contributed by atoms with Crippen LogP contribution >= 0.6 is 0 Å². The summed E-state index contributed by atoms with van der Waals surface area (Å²) in [5, 5.41) is 9.20. The molecule has 10 rings (SSSR count). The Kier molecular flexibility index (Phi) is 7.01. The molecule has 4 saturated carbocycles. The summed E-state index contributed by atoms with van der Waals surface area (Å²) in [6, 6.07) is 46.3. The predicted molar refractivity (Wildman–Crippen MR) is 192 cm³/mol. The third-order valence-electron chi connectivity index (χ3n) is 11.2. The van der Waals surface area contributed by atoms with Gasteiger partial charge in [-0.1, -0.05) is 115 Å². The minimum absolute atomic E-state index is 0.355. The van der Waals surface area contributed by atoms with E-state index in [0.717, 1.165) is 56.7 Å². The minimum atomic E-state index is 0.355. The Labute approximate surface area is 282 Å². The smallest absolute Gasteiger partial charge is 0.164 e. The van der Waals surface area contributed by atoms with Crippen molar-refractivity contribution < 1.29 is 0 Å². The lowest BCUT2D eigenvalue weighted by molar-refractivity contribution is -0.00518. The SMILES string of the molecule is N#Cc1ccc(-c2ccc(-c3nc(-c4ccc(C56CC7CC(CC(C7)C5)C6)cc4)nc(-c4ccccc4-c4ccccc4)n3)cc2)cc1. The van der Waals surface area contributed by atoms with Crippen molar-refractivity contribution in [1.29, 1.82) is 5.26 Å². The van der Waals surface area contributed by atoms with Crippen LogP contribution in [0.2, 0.25) is 0 Å². The molecular weight excluding hydrogens is 585 g/mol. The van der Waals surface area contributed by atoms with Crippen LogP contribution in [0.5, 0.6) is 0 Å². The Morgan fingerprint density at radius 3 is 1.48 bits per heavy atom. The normalized spacial score (nSPS) is 22.4. The molecule has 4 heteroatoms. The number of rotatable bonds is 6. The summed E-state index contributed by atoms with van der Waals surface area (Å²) >= 11 is 0. The standard InChI is InChI=1S/C44H36N4/c45-28-29-10-12-33(13-11-29)34-14-16-36(17-15-34)41-46-42(48-43(47-41)40-9-5-4-8-39(40)35-6-2-1-3-7-35)37-18-20-38(21-19-37)44-25-30-22-31(26-44)24-32(23-30)27-44/h1-21,30-32H,22-27H2. The number of nitriles is 1. The van der Waals surface area contributed by atoms with Gasteiger partial charge in [0.15, 0.2) is 17.5 Å².